The smallest absolute Gasteiger partial charge is 0.244 e. The number of nitrogens with two attached hydrogens (primary N) is 1. The molecule has 0 saturated carbocycles. The molecule has 8 heteroatoms. The summed E-state index contributed by atoms with van der Waals surface area (Å²) in [5.41, 5.74) is 5.41. The van der Waals surface area contributed by atoms with Crippen LogP contribution >= 0.6 is 31.9 Å². The molecular weight excluding hydrogens is 412 g/mol. The third-order valence-electron chi connectivity index (χ3n) is 3.56. The van der Waals surface area contributed by atoms with Crippen LogP contribution in [0.4, 0.5) is 5.69 Å². The molecule has 0 radical (unpaired) electrons. The fourth-order valence-corrected chi connectivity index (χ4v) is 5.76. The number of nitrogen functional groups attached to an aromatic ring is 1. The van der Waals surface area contributed by atoms with Gasteiger partial charge in [0.1, 0.15) is 4.90 Å². The molecule has 0 amide bonds. The molecule has 2 atom stereocenters. The number of hydrogen-bond acceptors (Lipinski definition) is 4. The maximum absolute atomic E-state index is 12.6. The zero-order chi connectivity index (χ0) is 15.1. The highest BCUT2D eigenvalue weighted by atomic mass is 79.9. The fraction of sp³-hybridized carbons (Fsp3) is 0.500. The van der Waals surface area contributed by atoms with Gasteiger partial charge in [0.05, 0.1) is 17.3 Å². The molecule has 0 bridgehead atoms. The Balaban J connectivity index is 2.42. The van der Waals surface area contributed by atoms with Crippen LogP contribution in [0.15, 0.2) is 26.0 Å². The van der Waals surface area contributed by atoms with Gasteiger partial charge in [-0.15, -0.1) is 0 Å². The first-order valence-electron chi connectivity index (χ1n) is 6.06. The van der Waals surface area contributed by atoms with Crippen LogP contribution in [-0.4, -0.2) is 26.7 Å². The number of nitrogens with one attached hydrogen (secondary N) is 1. The van der Waals surface area contributed by atoms with Crippen LogP contribution in [0.2, 0.25) is 0 Å². The number of anilines is 1. The Morgan fingerprint density at radius 3 is 2.60 bits per heavy atom. The Kier molecular flexibility index (Phi) is 4.52. The lowest BCUT2D eigenvalue weighted by atomic mass is 9.97. The first-order valence-corrected chi connectivity index (χ1v) is 9.13. The van der Waals surface area contributed by atoms with Crippen LogP contribution in [0.3, 0.4) is 0 Å². The third kappa shape index (κ3) is 3.04. The number of benzene rings is 1. The molecule has 1 fully saturated rings. The minimum atomic E-state index is -3.74. The highest BCUT2D eigenvalue weighted by Gasteiger charge is 2.41. The third-order valence-corrected chi connectivity index (χ3v) is 6.63. The monoisotopic (exact) mass is 426 g/mol. The van der Waals surface area contributed by atoms with Crippen molar-refractivity contribution in [1.82, 2.24) is 4.72 Å². The van der Waals surface area contributed by atoms with Crippen LogP contribution in [0.25, 0.3) is 0 Å². The van der Waals surface area contributed by atoms with E-state index >= 15 is 0 Å². The summed E-state index contributed by atoms with van der Waals surface area (Å²) in [6.07, 6.45) is 0.439. The lowest BCUT2D eigenvalue weighted by molar-refractivity contribution is 0.0957. The molecule has 0 spiro atoms. The Labute approximate surface area is 135 Å². The zero-order valence-electron chi connectivity index (χ0n) is 11.1. The summed E-state index contributed by atoms with van der Waals surface area (Å²) < 4.78 is 34.5. The van der Waals surface area contributed by atoms with E-state index in [1.807, 2.05) is 13.8 Å². The van der Waals surface area contributed by atoms with Gasteiger partial charge in [0.2, 0.25) is 10.0 Å². The molecule has 2 rings (SSSR count). The van der Waals surface area contributed by atoms with Gasteiger partial charge in [0.15, 0.2) is 0 Å². The van der Waals surface area contributed by atoms with Gasteiger partial charge >= 0.3 is 0 Å². The van der Waals surface area contributed by atoms with E-state index in [9.17, 15) is 8.42 Å². The van der Waals surface area contributed by atoms with Crippen molar-refractivity contribution in [3.63, 3.8) is 0 Å². The lowest BCUT2D eigenvalue weighted by Crippen LogP contribution is -2.50. The largest absolute Gasteiger partial charge is 0.398 e. The van der Waals surface area contributed by atoms with Crippen molar-refractivity contribution >= 4 is 47.6 Å². The van der Waals surface area contributed by atoms with E-state index in [0.717, 1.165) is 0 Å². The number of sulfonamides is 1. The van der Waals surface area contributed by atoms with Gasteiger partial charge in [-0.05, 0) is 48.3 Å². The predicted molar refractivity (Wildman–Crippen MR) is 85.0 cm³/mol. The number of hydrogen-bond donors (Lipinski definition) is 2. The molecule has 20 heavy (non-hydrogen) atoms. The topological polar surface area (TPSA) is 81.4 Å². The van der Waals surface area contributed by atoms with Gasteiger partial charge in [-0.2, -0.15) is 0 Å². The molecule has 1 aliphatic heterocycles. The van der Waals surface area contributed by atoms with Gasteiger partial charge in [0, 0.05) is 15.6 Å². The lowest BCUT2D eigenvalue weighted by Gasteiger charge is -2.29. The van der Waals surface area contributed by atoms with E-state index in [2.05, 4.69) is 36.6 Å². The summed E-state index contributed by atoms with van der Waals surface area (Å²) >= 11 is 6.53. The van der Waals surface area contributed by atoms with Crippen LogP contribution in [0.5, 0.6) is 0 Å². The van der Waals surface area contributed by atoms with Crippen molar-refractivity contribution in [1.29, 1.82) is 0 Å². The second-order valence-corrected chi connectivity index (χ2v) is 8.48. The normalized spacial score (nSPS) is 26.9. The maximum atomic E-state index is 12.6. The van der Waals surface area contributed by atoms with E-state index in [-0.39, 0.29) is 16.7 Å². The van der Waals surface area contributed by atoms with Crippen molar-refractivity contribution < 1.29 is 13.2 Å². The quantitative estimate of drug-likeness (QED) is 0.726. The molecule has 5 nitrogen and oxygen atoms in total. The maximum Gasteiger partial charge on any atom is 0.244 e. The van der Waals surface area contributed by atoms with E-state index < -0.39 is 15.6 Å². The molecular formula is C12H16Br2N2O3S. The van der Waals surface area contributed by atoms with Crippen LogP contribution in [0.1, 0.15) is 20.3 Å². The average Bonchev–Trinajstić information content (AvgIpc) is 2.55. The molecule has 1 saturated heterocycles. The highest BCUT2D eigenvalue weighted by Crippen LogP contribution is 2.34. The molecule has 1 aromatic carbocycles. The van der Waals surface area contributed by atoms with Gasteiger partial charge in [-0.1, -0.05) is 15.9 Å². The second-order valence-electron chi connectivity index (χ2n) is 5.09. The minimum absolute atomic E-state index is 0.0565. The zero-order valence-corrected chi connectivity index (χ0v) is 15.1. The Bertz CT molecular complexity index is 613. The van der Waals surface area contributed by atoms with E-state index in [1.54, 1.807) is 12.1 Å². The summed E-state index contributed by atoms with van der Waals surface area (Å²) in [7, 11) is -3.74. The summed E-state index contributed by atoms with van der Waals surface area (Å²) in [6, 6.07) is 3.22. The summed E-state index contributed by atoms with van der Waals surface area (Å²) in [6.45, 7) is 4.23. The average molecular weight is 428 g/mol. The van der Waals surface area contributed by atoms with E-state index in [0.29, 0.717) is 22.0 Å². The Morgan fingerprint density at radius 1 is 1.45 bits per heavy atom. The SMILES string of the molecule is CC1OCCC1(C)NS(=O)(=O)c1c(N)cc(Br)cc1Br. The minimum Gasteiger partial charge on any atom is -0.398 e. The summed E-state index contributed by atoms with van der Waals surface area (Å²) in [5.74, 6) is 0. The first-order chi connectivity index (χ1) is 9.16. The van der Waals surface area contributed by atoms with Crippen molar-refractivity contribution in [2.75, 3.05) is 12.3 Å². The molecule has 1 aromatic rings. The van der Waals surface area contributed by atoms with Crippen LogP contribution < -0.4 is 10.5 Å². The van der Waals surface area contributed by atoms with Crippen molar-refractivity contribution in [2.24, 2.45) is 0 Å². The van der Waals surface area contributed by atoms with Crippen LogP contribution in [0, 0.1) is 0 Å². The molecule has 1 aliphatic rings. The van der Waals surface area contributed by atoms with Gasteiger partial charge in [-0.25, -0.2) is 13.1 Å². The molecule has 3 N–H and O–H groups in total. The van der Waals surface area contributed by atoms with Gasteiger partial charge in [-0.3, -0.25) is 0 Å². The van der Waals surface area contributed by atoms with Crippen molar-refractivity contribution in [3.05, 3.63) is 21.1 Å². The predicted octanol–water partition coefficient (Wildman–Crippen LogP) is 2.64. The Hall–Kier alpha value is -0.150. The Morgan fingerprint density at radius 2 is 2.10 bits per heavy atom. The van der Waals surface area contributed by atoms with Gasteiger partial charge < -0.3 is 10.5 Å². The van der Waals surface area contributed by atoms with E-state index in [4.69, 9.17) is 10.5 Å². The number of ether oxygens (including phenoxy) is 1. The molecule has 2 unspecified atom stereocenters. The molecule has 0 aromatic heterocycles. The van der Waals surface area contributed by atoms with Crippen LogP contribution in [-0.2, 0) is 14.8 Å². The summed E-state index contributed by atoms with van der Waals surface area (Å²) in [4.78, 5) is 0.0565. The summed E-state index contributed by atoms with van der Waals surface area (Å²) in [5, 5.41) is 0. The van der Waals surface area contributed by atoms with Crippen molar-refractivity contribution in [3.8, 4) is 0 Å². The molecule has 0 aliphatic carbocycles. The highest BCUT2D eigenvalue weighted by molar-refractivity contribution is 9.11. The fourth-order valence-electron chi connectivity index (χ4n) is 2.19. The van der Waals surface area contributed by atoms with Gasteiger partial charge in [0.25, 0.3) is 0 Å². The molecule has 1 heterocycles. The molecule has 112 valence electrons. The van der Waals surface area contributed by atoms with Crippen molar-refractivity contribution in [2.45, 2.75) is 36.8 Å². The first kappa shape index (κ1) is 16.2. The standard InChI is InChI=1S/C12H16Br2N2O3S/c1-7-12(2,3-4-19-7)16-20(17,18)11-9(14)5-8(13)6-10(11)15/h5-7,16H,3-4,15H2,1-2H3. The van der Waals surface area contributed by atoms with E-state index in [1.165, 1.54) is 0 Å². The second kappa shape index (κ2) is 5.57. The number of rotatable bonds is 3. The number of halogens is 2.